The zero-order chi connectivity index (χ0) is 11.4. The number of nitriles is 1. The highest BCUT2D eigenvalue weighted by molar-refractivity contribution is 5.88. The van der Waals surface area contributed by atoms with Gasteiger partial charge in [-0.15, -0.1) is 5.10 Å². The SMILES string of the molecule is Cc1nnc(OCCC#N)c2ccccc12. The van der Waals surface area contributed by atoms with E-state index in [1.165, 1.54) is 0 Å². The lowest BCUT2D eigenvalue weighted by Crippen LogP contribution is -2.01. The van der Waals surface area contributed by atoms with Crippen molar-refractivity contribution in [3.8, 4) is 11.9 Å². The largest absolute Gasteiger partial charge is 0.475 e. The van der Waals surface area contributed by atoms with Crippen LogP contribution in [0.5, 0.6) is 5.88 Å². The molecule has 2 rings (SSSR count). The van der Waals surface area contributed by atoms with E-state index >= 15 is 0 Å². The van der Waals surface area contributed by atoms with Crippen LogP contribution in [0.25, 0.3) is 10.8 Å². The average Bonchev–Trinajstić information content (AvgIpc) is 2.33. The minimum absolute atomic E-state index is 0.345. The maximum atomic E-state index is 8.44. The summed E-state index contributed by atoms with van der Waals surface area (Å²) in [6, 6.07) is 9.84. The van der Waals surface area contributed by atoms with Gasteiger partial charge in [0.15, 0.2) is 0 Å². The Hall–Kier alpha value is -2.15. The zero-order valence-electron chi connectivity index (χ0n) is 8.97. The van der Waals surface area contributed by atoms with Crippen LogP contribution in [0.3, 0.4) is 0 Å². The number of fused-ring (bicyclic) bond motifs is 1. The second-order valence-electron chi connectivity index (χ2n) is 3.39. The molecule has 0 atom stereocenters. The van der Waals surface area contributed by atoms with Crippen LogP contribution in [-0.2, 0) is 0 Å². The van der Waals surface area contributed by atoms with Crippen molar-refractivity contribution < 1.29 is 4.74 Å². The Morgan fingerprint density at radius 2 is 2.00 bits per heavy atom. The van der Waals surface area contributed by atoms with Gasteiger partial charge in [-0.05, 0) is 13.0 Å². The quantitative estimate of drug-likeness (QED) is 0.733. The molecule has 0 bridgehead atoms. The van der Waals surface area contributed by atoms with Gasteiger partial charge in [0.25, 0.3) is 0 Å². The topological polar surface area (TPSA) is 58.8 Å². The monoisotopic (exact) mass is 213 g/mol. The van der Waals surface area contributed by atoms with Crippen molar-refractivity contribution in [3.63, 3.8) is 0 Å². The number of ether oxygens (including phenoxy) is 1. The average molecular weight is 213 g/mol. The number of aryl methyl sites for hydroxylation is 1. The fraction of sp³-hybridized carbons (Fsp3) is 0.250. The summed E-state index contributed by atoms with van der Waals surface area (Å²) in [5.41, 5.74) is 0.878. The minimum atomic E-state index is 0.345. The van der Waals surface area contributed by atoms with E-state index in [0.29, 0.717) is 18.9 Å². The van der Waals surface area contributed by atoms with Crippen LogP contribution >= 0.6 is 0 Å². The fourth-order valence-electron chi connectivity index (χ4n) is 1.51. The van der Waals surface area contributed by atoms with E-state index in [2.05, 4.69) is 10.2 Å². The molecule has 0 aliphatic carbocycles. The summed E-state index contributed by atoms with van der Waals surface area (Å²) in [7, 11) is 0. The van der Waals surface area contributed by atoms with Gasteiger partial charge < -0.3 is 4.74 Å². The molecule has 0 radical (unpaired) electrons. The van der Waals surface area contributed by atoms with Crippen LogP contribution in [0.15, 0.2) is 24.3 Å². The van der Waals surface area contributed by atoms with Gasteiger partial charge in [0.05, 0.1) is 18.2 Å². The van der Waals surface area contributed by atoms with Crippen molar-refractivity contribution >= 4 is 10.8 Å². The minimum Gasteiger partial charge on any atom is -0.475 e. The van der Waals surface area contributed by atoms with Crippen molar-refractivity contribution in [2.45, 2.75) is 13.3 Å². The van der Waals surface area contributed by atoms with Gasteiger partial charge in [-0.2, -0.15) is 10.4 Å². The Morgan fingerprint density at radius 1 is 1.25 bits per heavy atom. The molecule has 0 N–H and O–H groups in total. The van der Waals surface area contributed by atoms with Crippen LogP contribution in [-0.4, -0.2) is 16.8 Å². The van der Waals surface area contributed by atoms with Crippen molar-refractivity contribution in [1.29, 1.82) is 5.26 Å². The summed E-state index contributed by atoms with van der Waals surface area (Å²) < 4.78 is 5.42. The highest BCUT2D eigenvalue weighted by Crippen LogP contribution is 2.23. The summed E-state index contributed by atoms with van der Waals surface area (Å²) >= 11 is 0. The number of rotatable bonds is 3. The summed E-state index contributed by atoms with van der Waals surface area (Å²) in [5, 5.41) is 18.4. The third kappa shape index (κ3) is 1.94. The molecule has 0 aliphatic heterocycles. The Bertz CT molecular complexity index is 545. The van der Waals surface area contributed by atoms with E-state index in [-0.39, 0.29) is 0 Å². The Morgan fingerprint density at radius 3 is 2.75 bits per heavy atom. The molecule has 0 saturated heterocycles. The molecule has 0 unspecified atom stereocenters. The van der Waals surface area contributed by atoms with E-state index in [1.54, 1.807) is 0 Å². The summed E-state index contributed by atoms with van der Waals surface area (Å²) in [5.74, 6) is 0.497. The highest BCUT2D eigenvalue weighted by Gasteiger charge is 2.06. The third-order valence-corrected chi connectivity index (χ3v) is 2.29. The molecular formula is C12H11N3O. The predicted octanol–water partition coefficient (Wildman–Crippen LogP) is 2.23. The summed E-state index contributed by atoms with van der Waals surface area (Å²) in [6.07, 6.45) is 0.351. The summed E-state index contributed by atoms with van der Waals surface area (Å²) in [6.45, 7) is 2.26. The van der Waals surface area contributed by atoms with E-state index in [9.17, 15) is 0 Å². The molecule has 0 aliphatic rings. The molecule has 1 aromatic carbocycles. The second kappa shape index (κ2) is 4.58. The van der Waals surface area contributed by atoms with Crippen LogP contribution in [0.1, 0.15) is 12.1 Å². The molecule has 0 saturated carbocycles. The number of benzene rings is 1. The standard InChI is InChI=1S/C12H11N3O/c1-9-10-5-2-3-6-11(10)12(15-14-9)16-8-4-7-13/h2-3,5-6H,4,8H2,1H3. The van der Waals surface area contributed by atoms with Crippen molar-refractivity contribution in [1.82, 2.24) is 10.2 Å². The first kappa shape index (κ1) is 10.4. The molecule has 1 aromatic heterocycles. The number of nitrogens with zero attached hydrogens (tertiary/aromatic N) is 3. The Labute approximate surface area is 93.5 Å². The molecule has 0 amide bonds. The molecule has 0 fully saturated rings. The molecule has 16 heavy (non-hydrogen) atoms. The maximum absolute atomic E-state index is 8.44. The van der Waals surface area contributed by atoms with Gasteiger partial charge in [0.1, 0.15) is 6.61 Å². The van der Waals surface area contributed by atoms with E-state index < -0.39 is 0 Å². The normalized spacial score (nSPS) is 10.0. The van der Waals surface area contributed by atoms with Gasteiger partial charge in [-0.3, -0.25) is 0 Å². The van der Waals surface area contributed by atoms with E-state index in [0.717, 1.165) is 16.5 Å². The van der Waals surface area contributed by atoms with Crippen molar-refractivity contribution in [2.75, 3.05) is 6.61 Å². The fourth-order valence-corrected chi connectivity index (χ4v) is 1.51. The molecule has 2 aromatic rings. The van der Waals surface area contributed by atoms with Crippen LogP contribution in [0, 0.1) is 18.3 Å². The number of aromatic nitrogens is 2. The Balaban J connectivity index is 2.39. The Kier molecular flexibility index (Phi) is 2.97. The van der Waals surface area contributed by atoms with Gasteiger partial charge in [-0.25, -0.2) is 0 Å². The van der Waals surface area contributed by atoms with Gasteiger partial charge in [0, 0.05) is 10.8 Å². The van der Waals surface area contributed by atoms with Crippen LogP contribution in [0.2, 0.25) is 0 Å². The van der Waals surface area contributed by atoms with E-state index in [4.69, 9.17) is 10.00 Å². The summed E-state index contributed by atoms with van der Waals surface area (Å²) in [4.78, 5) is 0. The molecule has 80 valence electrons. The smallest absolute Gasteiger partial charge is 0.241 e. The zero-order valence-corrected chi connectivity index (χ0v) is 8.97. The molecular weight excluding hydrogens is 202 g/mol. The second-order valence-corrected chi connectivity index (χ2v) is 3.39. The highest BCUT2D eigenvalue weighted by atomic mass is 16.5. The first-order valence-corrected chi connectivity index (χ1v) is 5.04. The van der Waals surface area contributed by atoms with Crippen LogP contribution in [0.4, 0.5) is 0 Å². The van der Waals surface area contributed by atoms with Crippen LogP contribution < -0.4 is 4.74 Å². The molecule has 0 spiro atoms. The van der Waals surface area contributed by atoms with E-state index in [1.807, 2.05) is 37.3 Å². The lowest BCUT2D eigenvalue weighted by molar-refractivity contribution is 0.314. The van der Waals surface area contributed by atoms with Gasteiger partial charge >= 0.3 is 0 Å². The maximum Gasteiger partial charge on any atom is 0.241 e. The molecule has 1 heterocycles. The lowest BCUT2D eigenvalue weighted by atomic mass is 10.1. The van der Waals surface area contributed by atoms with Gasteiger partial charge in [-0.1, -0.05) is 18.2 Å². The van der Waals surface area contributed by atoms with Crippen molar-refractivity contribution in [2.24, 2.45) is 0 Å². The predicted molar refractivity (Wildman–Crippen MR) is 60.0 cm³/mol. The third-order valence-electron chi connectivity index (χ3n) is 2.29. The molecule has 4 nitrogen and oxygen atoms in total. The first-order chi connectivity index (χ1) is 7.83. The first-order valence-electron chi connectivity index (χ1n) is 5.04. The van der Waals surface area contributed by atoms with Gasteiger partial charge in [0.2, 0.25) is 5.88 Å². The number of hydrogen-bond acceptors (Lipinski definition) is 4. The lowest BCUT2D eigenvalue weighted by Gasteiger charge is -2.06. The number of hydrogen-bond donors (Lipinski definition) is 0. The van der Waals surface area contributed by atoms with Crippen molar-refractivity contribution in [3.05, 3.63) is 30.0 Å². The molecule has 4 heteroatoms.